The fourth-order valence-corrected chi connectivity index (χ4v) is 3.58. The monoisotopic (exact) mass is 389 g/mol. The zero-order valence-corrected chi connectivity index (χ0v) is 16.7. The highest BCUT2D eigenvalue weighted by Gasteiger charge is 2.16. The van der Waals surface area contributed by atoms with E-state index in [0.717, 1.165) is 30.4 Å². The molecule has 5 nitrogen and oxygen atoms in total. The minimum Gasteiger partial charge on any atom is -0.508 e. The Labute approximate surface area is 172 Å². The highest BCUT2D eigenvalue weighted by atomic mass is 16.3. The van der Waals surface area contributed by atoms with E-state index in [1.165, 1.54) is 30.2 Å². The Kier molecular flexibility index (Phi) is 6.91. The molecule has 0 bridgehead atoms. The topological polar surface area (TPSA) is 85.2 Å². The fraction of sp³-hybridized carbons (Fsp3) is 0.333. The van der Waals surface area contributed by atoms with E-state index in [9.17, 15) is 15.2 Å². The maximum Gasteiger partial charge on any atom is 0.263 e. The van der Waals surface area contributed by atoms with Gasteiger partial charge in [-0.2, -0.15) is 5.26 Å². The summed E-state index contributed by atoms with van der Waals surface area (Å²) in [4.78, 5) is 12.5. The summed E-state index contributed by atoms with van der Waals surface area (Å²) in [5.74, 6) is -0.145. The van der Waals surface area contributed by atoms with Gasteiger partial charge in [0.05, 0.1) is 6.04 Å². The Morgan fingerprint density at radius 1 is 1.17 bits per heavy atom. The molecule has 2 aromatic rings. The Morgan fingerprint density at radius 3 is 2.62 bits per heavy atom. The number of phenols is 1. The number of hydrogen-bond acceptors (Lipinski definition) is 4. The average molecular weight is 389 g/mol. The van der Waals surface area contributed by atoms with Gasteiger partial charge in [0.15, 0.2) is 0 Å². The Bertz CT molecular complexity index is 926. The van der Waals surface area contributed by atoms with Crippen molar-refractivity contribution >= 4 is 5.91 Å². The van der Waals surface area contributed by atoms with Gasteiger partial charge in [0.2, 0.25) is 0 Å². The molecule has 0 spiro atoms. The second-order valence-corrected chi connectivity index (χ2v) is 7.47. The third kappa shape index (κ3) is 5.61. The minimum atomic E-state index is -0.380. The maximum atomic E-state index is 12.5. The van der Waals surface area contributed by atoms with Crippen molar-refractivity contribution in [2.24, 2.45) is 0 Å². The van der Waals surface area contributed by atoms with Gasteiger partial charge in [-0.05, 0) is 73.4 Å². The molecule has 0 heterocycles. The van der Waals surface area contributed by atoms with Gasteiger partial charge in [-0.25, -0.2) is 0 Å². The van der Waals surface area contributed by atoms with Crippen molar-refractivity contribution in [2.75, 3.05) is 6.54 Å². The predicted octanol–water partition coefficient (Wildman–Crippen LogP) is 3.69. The van der Waals surface area contributed by atoms with Gasteiger partial charge < -0.3 is 15.7 Å². The number of fused-ring (bicyclic) bond motifs is 1. The van der Waals surface area contributed by atoms with Crippen LogP contribution in [0.4, 0.5) is 0 Å². The third-order valence-corrected chi connectivity index (χ3v) is 5.33. The summed E-state index contributed by atoms with van der Waals surface area (Å²) in [6.45, 7) is 2.53. The second-order valence-electron chi connectivity index (χ2n) is 7.47. The largest absolute Gasteiger partial charge is 0.508 e. The smallest absolute Gasteiger partial charge is 0.263 e. The summed E-state index contributed by atoms with van der Waals surface area (Å²) in [7, 11) is 0. The molecule has 1 atom stereocenters. The van der Waals surface area contributed by atoms with Gasteiger partial charge >= 0.3 is 0 Å². The normalized spacial score (nSPS) is 14.4. The highest BCUT2D eigenvalue weighted by molar-refractivity contribution is 5.97. The van der Waals surface area contributed by atoms with Crippen LogP contribution in [0.3, 0.4) is 0 Å². The molecular weight excluding hydrogens is 362 g/mol. The lowest BCUT2D eigenvalue weighted by Crippen LogP contribution is -2.29. The molecule has 29 heavy (non-hydrogen) atoms. The molecule has 1 amide bonds. The van der Waals surface area contributed by atoms with Crippen molar-refractivity contribution in [2.45, 2.75) is 45.1 Å². The van der Waals surface area contributed by atoms with Gasteiger partial charge in [0.25, 0.3) is 5.91 Å². The number of carbonyl (C=O) groups excluding carboxylic acids is 1. The SMILES string of the molecule is CC(NC(=O)/C(C#N)=C\NCCc1ccc(O)cc1)c1ccc2c(c1)CCCC2. The van der Waals surface area contributed by atoms with Gasteiger partial charge in [-0.15, -0.1) is 0 Å². The zero-order chi connectivity index (χ0) is 20.6. The first-order valence-electron chi connectivity index (χ1n) is 10.1. The minimum absolute atomic E-state index is 0.0560. The van der Waals surface area contributed by atoms with Crippen LogP contribution in [0.15, 0.2) is 54.2 Å². The molecular formula is C24H27N3O2. The molecule has 3 rings (SSSR count). The number of hydrogen-bond donors (Lipinski definition) is 3. The number of amides is 1. The van der Waals surface area contributed by atoms with E-state index in [1.807, 2.05) is 25.1 Å². The first-order chi connectivity index (χ1) is 14.1. The van der Waals surface area contributed by atoms with E-state index in [1.54, 1.807) is 12.1 Å². The van der Waals surface area contributed by atoms with E-state index in [4.69, 9.17) is 0 Å². The van der Waals surface area contributed by atoms with E-state index in [0.29, 0.717) is 6.54 Å². The van der Waals surface area contributed by atoms with Crippen LogP contribution in [-0.2, 0) is 24.1 Å². The van der Waals surface area contributed by atoms with Crippen LogP contribution in [0.1, 0.15) is 48.1 Å². The number of aromatic hydroxyl groups is 1. The summed E-state index contributed by atoms with van der Waals surface area (Å²) in [6, 6.07) is 15.2. The molecule has 2 aromatic carbocycles. The van der Waals surface area contributed by atoms with Crippen LogP contribution in [0.25, 0.3) is 0 Å². The molecule has 0 aliphatic heterocycles. The Morgan fingerprint density at radius 2 is 1.90 bits per heavy atom. The summed E-state index contributed by atoms with van der Waals surface area (Å²) < 4.78 is 0. The van der Waals surface area contributed by atoms with Crippen LogP contribution < -0.4 is 10.6 Å². The molecule has 0 saturated heterocycles. The van der Waals surface area contributed by atoms with Crippen molar-refractivity contribution in [3.8, 4) is 11.8 Å². The molecule has 0 radical (unpaired) electrons. The molecule has 0 aromatic heterocycles. The first kappa shape index (κ1) is 20.5. The van der Waals surface area contributed by atoms with E-state index < -0.39 is 0 Å². The first-order valence-corrected chi connectivity index (χ1v) is 10.1. The number of nitrogens with zero attached hydrogens (tertiary/aromatic N) is 1. The maximum absolute atomic E-state index is 12.5. The Balaban J connectivity index is 1.54. The van der Waals surface area contributed by atoms with Gasteiger partial charge in [-0.1, -0.05) is 30.3 Å². The fourth-order valence-electron chi connectivity index (χ4n) is 3.58. The second kappa shape index (κ2) is 9.79. The summed E-state index contributed by atoms with van der Waals surface area (Å²) in [5.41, 5.74) is 4.97. The standard InChI is InChI=1S/C24H27N3O2/c1-17(20-9-8-19-4-2-3-5-21(19)14-20)27-24(29)22(15-25)16-26-13-12-18-6-10-23(28)11-7-18/h6-11,14,16-17,26,28H,2-5,12-13H2,1H3,(H,27,29)/b22-16-. The van der Waals surface area contributed by atoms with Gasteiger partial charge in [0.1, 0.15) is 17.4 Å². The lowest BCUT2D eigenvalue weighted by molar-refractivity contribution is -0.117. The summed E-state index contributed by atoms with van der Waals surface area (Å²) >= 11 is 0. The Hall–Kier alpha value is -3.26. The van der Waals surface area contributed by atoms with Crippen LogP contribution >= 0.6 is 0 Å². The van der Waals surface area contributed by atoms with Gasteiger partial charge in [0, 0.05) is 12.7 Å². The average Bonchev–Trinajstić information content (AvgIpc) is 2.74. The van der Waals surface area contributed by atoms with Crippen LogP contribution in [0.2, 0.25) is 0 Å². The highest BCUT2D eigenvalue weighted by Crippen LogP contribution is 2.24. The van der Waals surface area contributed by atoms with Gasteiger partial charge in [-0.3, -0.25) is 4.79 Å². The van der Waals surface area contributed by atoms with E-state index >= 15 is 0 Å². The van der Waals surface area contributed by atoms with E-state index in [2.05, 4.69) is 28.8 Å². The number of benzene rings is 2. The third-order valence-electron chi connectivity index (χ3n) is 5.33. The van der Waals surface area contributed by atoms with Crippen LogP contribution in [0.5, 0.6) is 5.75 Å². The zero-order valence-electron chi connectivity index (χ0n) is 16.7. The molecule has 1 aliphatic rings. The number of carbonyl (C=O) groups is 1. The number of nitriles is 1. The molecule has 0 fully saturated rings. The molecule has 5 heteroatoms. The van der Waals surface area contributed by atoms with Crippen molar-refractivity contribution in [3.05, 3.63) is 76.5 Å². The van der Waals surface area contributed by atoms with Crippen molar-refractivity contribution in [1.29, 1.82) is 5.26 Å². The molecule has 0 saturated carbocycles. The molecule has 1 aliphatic carbocycles. The summed E-state index contributed by atoms with van der Waals surface area (Å²) in [5, 5.41) is 24.6. The van der Waals surface area contributed by atoms with Crippen molar-refractivity contribution in [1.82, 2.24) is 10.6 Å². The summed E-state index contributed by atoms with van der Waals surface area (Å²) in [6.07, 6.45) is 6.88. The van der Waals surface area contributed by atoms with Crippen LogP contribution in [-0.4, -0.2) is 17.6 Å². The number of aryl methyl sites for hydroxylation is 2. The quantitative estimate of drug-likeness (QED) is 0.383. The van der Waals surface area contributed by atoms with Crippen LogP contribution in [0, 0.1) is 11.3 Å². The lowest BCUT2D eigenvalue weighted by atomic mass is 9.89. The number of nitrogens with one attached hydrogen (secondary N) is 2. The van der Waals surface area contributed by atoms with Crippen molar-refractivity contribution < 1.29 is 9.90 Å². The molecule has 1 unspecified atom stereocenters. The number of phenolic OH excluding ortho intramolecular Hbond substituents is 1. The number of rotatable bonds is 7. The predicted molar refractivity (Wildman–Crippen MR) is 113 cm³/mol. The van der Waals surface area contributed by atoms with Crippen molar-refractivity contribution in [3.63, 3.8) is 0 Å². The molecule has 150 valence electrons. The molecule has 3 N–H and O–H groups in total. The lowest BCUT2D eigenvalue weighted by Gasteiger charge is -2.20. The van der Waals surface area contributed by atoms with E-state index in [-0.39, 0.29) is 23.3 Å².